The van der Waals surface area contributed by atoms with Gasteiger partial charge in [0.1, 0.15) is 10.6 Å². The minimum atomic E-state index is -3.71. The van der Waals surface area contributed by atoms with Crippen molar-refractivity contribution in [2.45, 2.75) is 43.5 Å². The van der Waals surface area contributed by atoms with Crippen LogP contribution in [0.5, 0.6) is 5.75 Å². The molecule has 1 aliphatic rings. The highest BCUT2D eigenvalue weighted by Crippen LogP contribution is 2.29. The van der Waals surface area contributed by atoms with E-state index < -0.39 is 10.0 Å². The number of hydrogen-bond donors (Lipinski definition) is 2. The van der Waals surface area contributed by atoms with Gasteiger partial charge in [-0.1, -0.05) is 12.8 Å². The fourth-order valence-corrected chi connectivity index (χ4v) is 4.51. The zero-order valence-corrected chi connectivity index (χ0v) is 15.6. The van der Waals surface area contributed by atoms with E-state index in [0.29, 0.717) is 19.6 Å². The molecule has 0 aliphatic carbocycles. The SMILES string of the molecule is COc1ccc(C(=O)N[C@@H](C)CN)cc1S(=O)(=O)N1CCCCCC1. The molecule has 1 fully saturated rings. The Labute approximate surface area is 149 Å². The van der Waals surface area contributed by atoms with Crippen molar-refractivity contribution in [1.29, 1.82) is 0 Å². The zero-order chi connectivity index (χ0) is 18.4. The third-order valence-corrected chi connectivity index (χ3v) is 6.26. The van der Waals surface area contributed by atoms with E-state index in [9.17, 15) is 13.2 Å². The zero-order valence-electron chi connectivity index (χ0n) is 14.8. The maximum absolute atomic E-state index is 13.1. The van der Waals surface area contributed by atoms with Gasteiger partial charge in [0.25, 0.3) is 5.91 Å². The highest BCUT2D eigenvalue weighted by atomic mass is 32.2. The number of benzene rings is 1. The standard InChI is InChI=1S/C17H27N3O4S/c1-13(12-18)19-17(21)14-7-8-15(24-2)16(11-14)25(22,23)20-9-5-3-4-6-10-20/h7-8,11,13H,3-6,9-10,12,18H2,1-2H3,(H,19,21)/t13-/m0/s1. The van der Waals surface area contributed by atoms with E-state index in [1.807, 2.05) is 0 Å². The molecule has 0 bridgehead atoms. The van der Waals surface area contributed by atoms with Crippen molar-refractivity contribution in [2.24, 2.45) is 5.73 Å². The van der Waals surface area contributed by atoms with Crippen molar-refractivity contribution in [3.63, 3.8) is 0 Å². The monoisotopic (exact) mass is 369 g/mol. The third kappa shape index (κ3) is 4.71. The second kappa shape index (κ2) is 8.64. The molecule has 0 radical (unpaired) electrons. The van der Waals surface area contributed by atoms with Gasteiger partial charge in [-0.3, -0.25) is 4.79 Å². The van der Waals surface area contributed by atoms with Crippen LogP contribution in [-0.2, 0) is 10.0 Å². The van der Waals surface area contributed by atoms with E-state index in [4.69, 9.17) is 10.5 Å². The predicted octanol–water partition coefficient (Wildman–Crippen LogP) is 1.34. The number of rotatable bonds is 6. The second-order valence-electron chi connectivity index (χ2n) is 6.29. The number of ether oxygens (including phenoxy) is 1. The third-order valence-electron chi connectivity index (χ3n) is 4.34. The molecule has 25 heavy (non-hydrogen) atoms. The van der Waals surface area contributed by atoms with Crippen LogP contribution in [-0.4, -0.2) is 51.4 Å². The summed E-state index contributed by atoms with van der Waals surface area (Å²) in [7, 11) is -2.29. The highest BCUT2D eigenvalue weighted by molar-refractivity contribution is 7.89. The fraction of sp³-hybridized carbons (Fsp3) is 0.588. The van der Waals surface area contributed by atoms with Gasteiger partial charge in [-0.2, -0.15) is 4.31 Å². The van der Waals surface area contributed by atoms with E-state index in [0.717, 1.165) is 25.7 Å². The van der Waals surface area contributed by atoms with Crippen LogP contribution in [0.15, 0.2) is 23.1 Å². The Morgan fingerprint density at radius 1 is 1.28 bits per heavy atom. The molecule has 1 amide bonds. The van der Waals surface area contributed by atoms with Gasteiger partial charge >= 0.3 is 0 Å². The summed E-state index contributed by atoms with van der Waals surface area (Å²) >= 11 is 0. The molecule has 3 N–H and O–H groups in total. The second-order valence-corrected chi connectivity index (χ2v) is 8.20. The Kier molecular flexibility index (Phi) is 6.80. The normalized spacial score (nSPS) is 17.6. The number of nitrogens with two attached hydrogens (primary N) is 1. The number of hydrogen-bond acceptors (Lipinski definition) is 5. The van der Waals surface area contributed by atoms with Gasteiger partial charge in [-0.05, 0) is 38.0 Å². The van der Waals surface area contributed by atoms with Crippen molar-refractivity contribution in [3.05, 3.63) is 23.8 Å². The van der Waals surface area contributed by atoms with Gasteiger partial charge in [0, 0.05) is 31.2 Å². The lowest BCUT2D eigenvalue weighted by Crippen LogP contribution is -2.38. The molecule has 1 saturated heterocycles. The first-order chi connectivity index (χ1) is 11.9. The van der Waals surface area contributed by atoms with Crippen LogP contribution >= 0.6 is 0 Å². The fourth-order valence-electron chi connectivity index (χ4n) is 2.81. The van der Waals surface area contributed by atoms with E-state index in [1.54, 1.807) is 13.0 Å². The maximum Gasteiger partial charge on any atom is 0.251 e. The molecule has 0 saturated carbocycles. The Balaban J connectivity index is 2.37. The molecule has 7 nitrogen and oxygen atoms in total. The van der Waals surface area contributed by atoms with Crippen LogP contribution in [0.4, 0.5) is 0 Å². The molecule has 1 aliphatic heterocycles. The van der Waals surface area contributed by atoms with Crippen LogP contribution < -0.4 is 15.8 Å². The Morgan fingerprint density at radius 2 is 1.92 bits per heavy atom. The minimum absolute atomic E-state index is 0.0324. The van der Waals surface area contributed by atoms with Crippen molar-refractivity contribution >= 4 is 15.9 Å². The van der Waals surface area contributed by atoms with Crippen molar-refractivity contribution in [3.8, 4) is 5.75 Å². The first-order valence-electron chi connectivity index (χ1n) is 8.59. The largest absolute Gasteiger partial charge is 0.495 e. The quantitative estimate of drug-likeness (QED) is 0.788. The first kappa shape index (κ1) is 19.7. The number of sulfonamides is 1. The van der Waals surface area contributed by atoms with E-state index >= 15 is 0 Å². The number of carbonyl (C=O) groups is 1. The molecule has 0 spiro atoms. The maximum atomic E-state index is 13.1. The number of nitrogens with zero attached hydrogens (tertiary/aromatic N) is 1. The van der Waals surface area contributed by atoms with Crippen LogP contribution in [0.1, 0.15) is 43.0 Å². The molecule has 140 valence electrons. The topological polar surface area (TPSA) is 102 Å². The summed E-state index contributed by atoms with van der Waals surface area (Å²) in [5.41, 5.74) is 5.79. The summed E-state index contributed by atoms with van der Waals surface area (Å²) in [6, 6.07) is 4.27. The van der Waals surface area contributed by atoms with E-state index in [1.165, 1.54) is 23.5 Å². The minimum Gasteiger partial charge on any atom is -0.495 e. The molecular weight excluding hydrogens is 342 g/mol. The number of amides is 1. The van der Waals surface area contributed by atoms with Gasteiger partial charge in [-0.15, -0.1) is 0 Å². The predicted molar refractivity (Wildman–Crippen MR) is 96.2 cm³/mol. The lowest BCUT2D eigenvalue weighted by atomic mass is 10.2. The highest BCUT2D eigenvalue weighted by Gasteiger charge is 2.29. The molecule has 0 unspecified atom stereocenters. The molecular formula is C17H27N3O4S. The van der Waals surface area contributed by atoms with Crippen molar-refractivity contribution < 1.29 is 17.9 Å². The van der Waals surface area contributed by atoms with E-state index in [-0.39, 0.29) is 28.2 Å². The summed E-state index contributed by atoms with van der Waals surface area (Å²) in [5.74, 6) is -0.111. The van der Waals surface area contributed by atoms with Crippen molar-refractivity contribution in [2.75, 3.05) is 26.7 Å². The number of methoxy groups -OCH3 is 1. The number of carbonyl (C=O) groups excluding carboxylic acids is 1. The average molecular weight is 369 g/mol. The molecule has 1 aromatic rings. The smallest absolute Gasteiger partial charge is 0.251 e. The summed E-state index contributed by atoms with van der Waals surface area (Å²) in [5, 5.41) is 2.74. The van der Waals surface area contributed by atoms with Crippen LogP contribution in [0.25, 0.3) is 0 Å². The number of nitrogens with one attached hydrogen (secondary N) is 1. The van der Waals surface area contributed by atoms with Gasteiger partial charge in [0.2, 0.25) is 10.0 Å². The van der Waals surface area contributed by atoms with Crippen LogP contribution in [0, 0.1) is 0 Å². The average Bonchev–Trinajstić information content (AvgIpc) is 2.90. The Morgan fingerprint density at radius 3 is 2.48 bits per heavy atom. The van der Waals surface area contributed by atoms with Crippen LogP contribution in [0.3, 0.4) is 0 Å². The van der Waals surface area contributed by atoms with Gasteiger partial charge in [0.05, 0.1) is 7.11 Å². The summed E-state index contributed by atoms with van der Waals surface area (Å²) in [6.07, 6.45) is 3.75. The Bertz CT molecular complexity index is 698. The Hall–Kier alpha value is -1.64. The molecule has 1 heterocycles. The molecule has 0 aromatic heterocycles. The summed E-state index contributed by atoms with van der Waals surface area (Å²) in [6.45, 7) is 3.08. The van der Waals surface area contributed by atoms with E-state index in [2.05, 4.69) is 5.32 Å². The van der Waals surface area contributed by atoms with Gasteiger partial charge < -0.3 is 15.8 Å². The molecule has 1 atom stereocenters. The summed E-state index contributed by atoms with van der Waals surface area (Å²) < 4.78 is 32.9. The molecule has 2 rings (SSSR count). The molecule has 1 aromatic carbocycles. The van der Waals surface area contributed by atoms with Crippen molar-refractivity contribution in [1.82, 2.24) is 9.62 Å². The molecule has 8 heteroatoms. The van der Waals surface area contributed by atoms with Gasteiger partial charge in [0.15, 0.2) is 0 Å². The van der Waals surface area contributed by atoms with Gasteiger partial charge in [-0.25, -0.2) is 8.42 Å². The first-order valence-corrected chi connectivity index (χ1v) is 10.0. The lowest BCUT2D eigenvalue weighted by molar-refractivity contribution is 0.0941. The summed E-state index contributed by atoms with van der Waals surface area (Å²) in [4.78, 5) is 12.3. The van der Waals surface area contributed by atoms with Crippen LogP contribution in [0.2, 0.25) is 0 Å². The lowest BCUT2D eigenvalue weighted by Gasteiger charge is -2.22.